The summed E-state index contributed by atoms with van der Waals surface area (Å²) >= 11 is 0. The van der Waals surface area contributed by atoms with Crippen LogP contribution in [-0.2, 0) is 27.8 Å². The van der Waals surface area contributed by atoms with Crippen molar-refractivity contribution in [2.45, 2.75) is 71.9 Å². The molecule has 2 aromatic carbocycles. The van der Waals surface area contributed by atoms with Crippen LogP contribution in [0.5, 0.6) is 0 Å². The van der Waals surface area contributed by atoms with E-state index in [2.05, 4.69) is 39.0 Å². The second kappa shape index (κ2) is 8.71. The number of hydrogen-bond donors (Lipinski definition) is 0. The van der Waals surface area contributed by atoms with Gasteiger partial charge in [-0.15, -0.1) is 0 Å². The summed E-state index contributed by atoms with van der Waals surface area (Å²) in [5.41, 5.74) is 7.08. The fourth-order valence-electron chi connectivity index (χ4n) is 4.54. The molecule has 0 fully saturated rings. The zero-order valence-corrected chi connectivity index (χ0v) is 18.7. The lowest BCUT2D eigenvalue weighted by Gasteiger charge is -2.39. The Morgan fingerprint density at radius 2 is 1.93 bits per heavy atom. The molecule has 1 atom stereocenters. The minimum Gasteiger partial charge on any atom is -0.312 e. The zero-order valence-electron chi connectivity index (χ0n) is 18.7. The second-order valence-electron chi connectivity index (χ2n) is 9.06. The lowest BCUT2D eigenvalue weighted by molar-refractivity contribution is -0.120. The summed E-state index contributed by atoms with van der Waals surface area (Å²) < 4.78 is 13.9. The van der Waals surface area contributed by atoms with Gasteiger partial charge in [0.2, 0.25) is 5.91 Å². The number of rotatable bonds is 7. The third kappa shape index (κ3) is 4.33. The van der Waals surface area contributed by atoms with Crippen molar-refractivity contribution in [1.29, 1.82) is 0 Å². The summed E-state index contributed by atoms with van der Waals surface area (Å²) in [6.07, 6.45) is 1.94. The topological polar surface area (TPSA) is 37.4 Å². The fourth-order valence-corrected chi connectivity index (χ4v) is 4.54. The van der Waals surface area contributed by atoms with Crippen molar-refractivity contribution < 1.29 is 14.0 Å². The van der Waals surface area contributed by atoms with E-state index >= 15 is 0 Å². The molecule has 0 saturated carbocycles. The average molecular weight is 410 g/mol. The Morgan fingerprint density at radius 1 is 1.20 bits per heavy atom. The molecule has 0 spiro atoms. The standard InChI is InChI=1S/C26H32FNO2/c1-6-28-24-15-21(17(2)12-23(24)26(4,5)16-25(28)30)22-14-19(8-7-11-29)9-10-20(22)13-18(3)27/h9-12,14-15,18H,6-8,13,16H2,1-5H3. The molecule has 2 aromatic rings. The number of hydrogen-bond acceptors (Lipinski definition) is 2. The third-order valence-electron chi connectivity index (χ3n) is 6.09. The molecule has 0 aromatic heterocycles. The van der Waals surface area contributed by atoms with Crippen LogP contribution < -0.4 is 4.90 Å². The predicted molar refractivity (Wildman–Crippen MR) is 121 cm³/mol. The van der Waals surface area contributed by atoms with E-state index in [4.69, 9.17) is 0 Å². The summed E-state index contributed by atoms with van der Waals surface area (Å²) in [5.74, 6) is 0.141. The number of halogens is 1. The zero-order chi connectivity index (χ0) is 22.1. The number of aryl methyl sites for hydroxylation is 2. The number of alkyl halides is 1. The molecule has 160 valence electrons. The van der Waals surface area contributed by atoms with Gasteiger partial charge in [-0.1, -0.05) is 38.1 Å². The first-order chi connectivity index (χ1) is 14.2. The van der Waals surface area contributed by atoms with E-state index in [1.165, 1.54) is 5.56 Å². The van der Waals surface area contributed by atoms with Crippen molar-refractivity contribution >= 4 is 17.9 Å². The minimum absolute atomic E-state index is 0.141. The quantitative estimate of drug-likeness (QED) is 0.548. The first-order valence-corrected chi connectivity index (χ1v) is 10.8. The van der Waals surface area contributed by atoms with E-state index in [9.17, 15) is 14.0 Å². The Hall–Kier alpha value is -2.49. The molecule has 30 heavy (non-hydrogen) atoms. The molecule has 1 aliphatic rings. The van der Waals surface area contributed by atoms with E-state index in [-0.39, 0.29) is 11.3 Å². The highest BCUT2D eigenvalue weighted by atomic mass is 19.1. The van der Waals surface area contributed by atoms with Crippen LogP contribution in [0.1, 0.15) is 62.8 Å². The van der Waals surface area contributed by atoms with E-state index in [0.29, 0.717) is 32.2 Å². The molecule has 1 heterocycles. The Balaban J connectivity index is 2.21. The molecule has 0 bridgehead atoms. The summed E-state index contributed by atoms with van der Waals surface area (Å²) in [4.78, 5) is 25.5. The van der Waals surface area contributed by atoms with Gasteiger partial charge in [0, 0.05) is 36.9 Å². The lowest BCUT2D eigenvalue weighted by atomic mass is 9.75. The molecule has 0 saturated heterocycles. The van der Waals surface area contributed by atoms with Crippen LogP contribution in [0.2, 0.25) is 0 Å². The van der Waals surface area contributed by atoms with Crippen LogP contribution in [0.25, 0.3) is 11.1 Å². The summed E-state index contributed by atoms with van der Waals surface area (Å²) in [5, 5.41) is 0. The van der Waals surface area contributed by atoms with Crippen molar-refractivity contribution in [3.8, 4) is 11.1 Å². The minimum atomic E-state index is -0.949. The van der Waals surface area contributed by atoms with Crippen molar-refractivity contribution in [2.24, 2.45) is 0 Å². The van der Waals surface area contributed by atoms with Crippen LogP contribution in [0.3, 0.4) is 0 Å². The molecule has 1 amide bonds. The number of aldehydes is 1. The molecular formula is C26H32FNO2. The Morgan fingerprint density at radius 3 is 2.57 bits per heavy atom. The average Bonchev–Trinajstić information content (AvgIpc) is 2.67. The van der Waals surface area contributed by atoms with Crippen molar-refractivity contribution in [1.82, 2.24) is 0 Å². The molecule has 0 aliphatic carbocycles. The van der Waals surface area contributed by atoms with Gasteiger partial charge < -0.3 is 9.69 Å². The monoisotopic (exact) mass is 409 g/mol. The van der Waals surface area contributed by atoms with Crippen molar-refractivity contribution in [3.05, 3.63) is 52.6 Å². The Labute approximate surface area is 179 Å². The normalized spacial score (nSPS) is 16.3. The largest absolute Gasteiger partial charge is 0.312 e. The molecule has 1 unspecified atom stereocenters. The predicted octanol–water partition coefficient (Wildman–Crippen LogP) is 5.73. The molecule has 0 N–H and O–H groups in total. The van der Waals surface area contributed by atoms with Crippen LogP contribution in [0, 0.1) is 6.92 Å². The second-order valence-corrected chi connectivity index (χ2v) is 9.06. The highest BCUT2D eigenvalue weighted by Crippen LogP contribution is 2.44. The van der Waals surface area contributed by atoms with E-state index in [0.717, 1.165) is 39.8 Å². The molecular weight excluding hydrogens is 377 g/mol. The maximum absolute atomic E-state index is 13.9. The molecule has 1 aliphatic heterocycles. The van der Waals surface area contributed by atoms with Gasteiger partial charge in [0.1, 0.15) is 12.5 Å². The van der Waals surface area contributed by atoms with E-state index in [1.807, 2.05) is 24.0 Å². The van der Waals surface area contributed by atoms with Crippen molar-refractivity contribution in [2.75, 3.05) is 11.4 Å². The lowest BCUT2D eigenvalue weighted by Crippen LogP contribution is -2.41. The van der Waals surface area contributed by atoms with E-state index < -0.39 is 6.17 Å². The maximum atomic E-state index is 13.9. The number of anilines is 1. The first kappa shape index (κ1) is 22.2. The van der Waals surface area contributed by atoms with Crippen LogP contribution >= 0.6 is 0 Å². The van der Waals surface area contributed by atoms with Gasteiger partial charge in [0.05, 0.1) is 0 Å². The van der Waals surface area contributed by atoms with Crippen LogP contribution in [0.15, 0.2) is 30.3 Å². The van der Waals surface area contributed by atoms with Crippen LogP contribution in [0.4, 0.5) is 10.1 Å². The van der Waals surface area contributed by atoms with Gasteiger partial charge in [0.15, 0.2) is 0 Å². The van der Waals surface area contributed by atoms with Crippen molar-refractivity contribution in [3.63, 3.8) is 0 Å². The number of carbonyl (C=O) groups excluding carboxylic acids is 2. The Bertz CT molecular complexity index is 962. The summed E-state index contributed by atoms with van der Waals surface area (Å²) in [6, 6.07) is 10.4. The summed E-state index contributed by atoms with van der Waals surface area (Å²) in [6.45, 7) is 10.5. The maximum Gasteiger partial charge on any atom is 0.227 e. The van der Waals surface area contributed by atoms with Gasteiger partial charge in [-0.25, -0.2) is 4.39 Å². The Kier molecular flexibility index (Phi) is 6.44. The number of amides is 1. The van der Waals surface area contributed by atoms with Gasteiger partial charge >= 0.3 is 0 Å². The molecule has 0 radical (unpaired) electrons. The highest BCUT2D eigenvalue weighted by Gasteiger charge is 2.36. The van der Waals surface area contributed by atoms with E-state index in [1.54, 1.807) is 6.92 Å². The van der Waals surface area contributed by atoms with Gasteiger partial charge in [-0.3, -0.25) is 4.79 Å². The third-order valence-corrected chi connectivity index (χ3v) is 6.09. The highest BCUT2D eigenvalue weighted by molar-refractivity contribution is 5.99. The van der Waals surface area contributed by atoms with Crippen LogP contribution in [-0.4, -0.2) is 24.9 Å². The molecule has 3 nitrogen and oxygen atoms in total. The summed E-state index contributed by atoms with van der Waals surface area (Å²) in [7, 11) is 0. The van der Waals surface area contributed by atoms with Gasteiger partial charge in [0.25, 0.3) is 0 Å². The molecule has 3 rings (SSSR count). The van der Waals surface area contributed by atoms with Gasteiger partial charge in [-0.2, -0.15) is 0 Å². The van der Waals surface area contributed by atoms with Gasteiger partial charge in [-0.05, 0) is 66.6 Å². The SMILES string of the molecule is CCN1C(=O)CC(C)(C)c2cc(C)c(-c3cc(CCC=O)ccc3CC(C)F)cc21. The number of carbonyl (C=O) groups is 2. The molecule has 4 heteroatoms. The number of benzene rings is 2. The fraction of sp³-hybridized carbons (Fsp3) is 0.462. The first-order valence-electron chi connectivity index (χ1n) is 10.8. The number of nitrogens with zero attached hydrogens (tertiary/aromatic N) is 1. The number of fused-ring (bicyclic) bond motifs is 1. The smallest absolute Gasteiger partial charge is 0.227 e.